The minimum Gasteiger partial charge on any atom is -0.409 e. The van der Waals surface area contributed by atoms with Crippen LogP contribution in [-0.4, -0.2) is 59.6 Å². The predicted octanol–water partition coefficient (Wildman–Crippen LogP) is 1.57. The van der Waals surface area contributed by atoms with Crippen LogP contribution in [0.5, 0.6) is 0 Å². The molecule has 0 amide bonds. The zero-order valence-electron chi connectivity index (χ0n) is 12.4. The minimum atomic E-state index is 0.0525. The van der Waals surface area contributed by atoms with Gasteiger partial charge in [-0.2, -0.15) is 0 Å². The maximum Gasteiger partial charge on any atom is 0.156 e. The molecule has 0 saturated carbocycles. The van der Waals surface area contributed by atoms with Gasteiger partial charge in [0.25, 0.3) is 0 Å². The van der Waals surface area contributed by atoms with Gasteiger partial charge in [0.05, 0.1) is 6.04 Å². The van der Waals surface area contributed by atoms with Crippen molar-refractivity contribution in [1.82, 2.24) is 9.80 Å². The standard InChI is InChI=1S/C13H30N4O/c1-5-12(13(14)15-18)17(8-4)11-9-10-16(6-2)7-3/h12,18H,5-11H2,1-4H3,(H2,14,15). The fourth-order valence-electron chi connectivity index (χ4n) is 2.29. The Kier molecular flexibility index (Phi) is 9.69. The van der Waals surface area contributed by atoms with Gasteiger partial charge in [0.15, 0.2) is 5.84 Å². The molecule has 1 atom stereocenters. The topological polar surface area (TPSA) is 65.1 Å². The van der Waals surface area contributed by atoms with E-state index in [1.165, 1.54) is 0 Å². The Balaban J connectivity index is 4.24. The molecular formula is C13H30N4O. The van der Waals surface area contributed by atoms with Crippen molar-refractivity contribution < 1.29 is 5.21 Å². The van der Waals surface area contributed by atoms with Crippen molar-refractivity contribution in [3.8, 4) is 0 Å². The molecule has 3 N–H and O–H groups in total. The number of nitrogens with two attached hydrogens (primary N) is 1. The molecule has 108 valence electrons. The molecule has 0 rings (SSSR count). The van der Waals surface area contributed by atoms with Crippen LogP contribution in [0.1, 0.15) is 40.5 Å². The van der Waals surface area contributed by atoms with E-state index in [-0.39, 0.29) is 6.04 Å². The van der Waals surface area contributed by atoms with Crippen LogP contribution in [0, 0.1) is 0 Å². The number of likely N-dealkylation sites (N-methyl/N-ethyl adjacent to an activating group) is 1. The first kappa shape index (κ1) is 17.2. The van der Waals surface area contributed by atoms with E-state index in [2.05, 4.69) is 42.7 Å². The van der Waals surface area contributed by atoms with Crippen LogP contribution in [0.2, 0.25) is 0 Å². The van der Waals surface area contributed by atoms with Gasteiger partial charge in [0, 0.05) is 6.54 Å². The third kappa shape index (κ3) is 5.69. The Bertz CT molecular complexity index is 229. The van der Waals surface area contributed by atoms with Gasteiger partial charge in [0.2, 0.25) is 0 Å². The van der Waals surface area contributed by atoms with Gasteiger partial charge in [-0.1, -0.05) is 32.9 Å². The lowest BCUT2D eigenvalue weighted by molar-refractivity contribution is 0.215. The molecular weight excluding hydrogens is 228 g/mol. The van der Waals surface area contributed by atoms with Crippen molar-refractivity contribution >= 4 is 5.84 Å². The lowest BCUT2D eigenvalue weighted by Gasteiger charge is -2.29. The minimum absolute atomic E-state index is 0.0525. The van der Waals surface area contributed by atoms with E-state index in [0.29, 0.717) is 5.84 Å². The van der Waals surface area contributed by atoms with E-state index < -0.39 is 0 Å². The molecule has 0 bridgehead atoms. The van der Waals surface area contributed by atoms with Gasteiger partial charge in [-0.05, 0) is 39.0 Å². The first-order valence-electron chi connectivity index (χ1n) is 7.08. The number of rotatable bonds is 10. The third-order valence-electron chi connectivity index (χ3n) is 3.50. The van der Waals surface area contributed by atoms with E-state index in [1.54, 1.807) is 0 Å². The highest BCUT2D eigenvalue weighted by molar-refractivity contribution is 5.85. The van der Waals surface area contributed by atoms with Crippen LogP contribution in [0.3, 0.4) is 0 Å². The number of amidine groups is 1. The molecule has 0 spiro atoms. The lowest BCUT2D eigenvalue weighted by atomic mass is 10.1. The van der Waals surface area contributed by atoms with E-state index in [1.807, 2.05) is 0 Å². The third-order valence-corrected chi connectivity index (χ3v) is 3.50. The van der Waals surface area contributed by atoms with E-state index in [0.717, 1.165) is 45.6 Å². The number of hydrogen-bond donors (Lipinski definition) is 2. The van der Waals surface area contributed by atoms with Crippen molar-refractivity contribution in [3.05, 3.63) is 0 Å². The first-order valence-corrected chi connectivity index (χ1v) is 7.08. The average Bonchev–Trinajstić information content (AvgIpc) is 2.41. The van der Waals surface area contributed by atoms with Gasteiger partial charge in [0.1, 0.15) is 0 Å². The lowest BCUT2D eigenvalue weighted by Crippen LogP contribution is -2.45. The number of nitrogens with zero attached hydrogens (tertiary/aromatic N) is 3. The normalized spacial score (nSPS) is 14.4. The summed E-state index contributed by atoms with van der Waals surface area (Å²) in [4.78, 5) is 4.69. The Labute approximate surface area is 112 Å². The summed E-state index contributed by atoms with van der Waals surface area (Å²) in [7, 11) is 0. The van der Waals surface area contributed by atoms with Gasteiger partial charge in [-0.15, -0.1) is 0 Å². The van der Waals surface area contributed by atoms with Crippen molar-refractivity contribution in [1.29, 1.82) is 0 Å². The Hall–Kier alpha value is -0.810. The monoisotopic (exact) mass is 258 g/mol. The molecule has 5 heteroatoms. The fraction of sp³-hybridized carbons (Fsp3) is 0.923. The van der Waals surface area contributed by atoms with Crippen LogP contribution in [0.4, 0.5) is 0 Å². The summed E-state index contributed by atoms with van der Waals surface area (Å²) in [6.07, 6.45) is 1.99. The van der Waals surface area contributed by atoms with Gasteiger partial charge in [-0.25, -0.2) is 0 Å². The highest BCUT2D eigenvalue weighted by Gasteiger charge is 2.19. The zero-order valence-corrected chi connectivity index (χ0v) is 12.4. The predicted molar refractivity (Wildman–Crippen MR) is 77.1 cm³/mol. The van der Waals surface area contributed by atoms with Crippen LogP contribution in [0.15, 0.2) is 5.16 Å². The molecule has 0 aromatic heterocycles. The van der Waals surface area contributed by atoms with Gasteiger partial charge in [-0.3, -0.25) is 4.90 Å². The summed E-state index contributed by atoms with van der Waals surface area (Å²) in [6, 6.07) is 0.0525. The zero-order chi connectivity index (χ0) is 14.0. The fourth-order valence-corrected chi connectivity index (χ4v) is 2.29. The smallest absolute Gasteiger partial charge is 0.156 e. The van der Waals surface area contributed by atoms with Gasteiger partial charge >= 0.3 is 0 Å². The summed E-state index contributed by atoms with van der Waals surface area (Å²) >= 11 is 0. The van der Waals surface area contributed by atoms with Gasteiger partial charge < -0.3 is 15.8 Å². The number of hydrogen-bond acceptors (Lipinski definition) is 4. The number of oxime groups is 1. The molecule has 0 radical (unpaired) electrons. The maximum absolute atomic E-state index is 8.80. The van der Waals surface area contributed by atoms with Crippen LogP contribution in [0.25, 0.3) is 0 Å². The summed E-state index contributed by atoms with van der Waals surface area (Å²) in [6.45, 7) is 13.8. The average molecular weight is 258 g/mol. The molecule has 0 aliphatic heterocycles. The van der Waals surface area contributed by atoms with E-state index >= 15 is 0 Å². The molecule has 0 aromatic rings. The Morgan fingerprint density at radius 2 is 1.72 bits per heavy atom. The SMILES string of the molecule is CCC(C(N)=NO)N(CC)CCCN(CC)CC. The Morgan fingerprint density at radius 3 is 2.11 bits per heavy atom. The summed E-state index contributed by atoms with van der Waals surface area (Å²) in [5.41, 5.74) is 5.74. The van der Waals surface area contributed by atoms with E-state index in [4.69, 9.17) is 10.9 Å². The van der Waals surface area contributed by atoms with Crippen LogP contribution < -0.4 is 5.73 Å². The van der Waals surface area contributed by atoms with E-state index in [9.17, 15) is 0 Å². The van der Waals surface area contributed by atoms with Crippen molar-refractivity contribution in [3.63, 3.8) is 0 Å². The van der Waals surface area contributed by atoms with Crippen molar-refractivity contribution in [2.24, 2.45) is 10.9 Å². The van der Waals surface area contributed by atoms with Crippen LogP contribution >= 0.6 is 0 Å². The Morgan fingerprint density at radius 1 is 1.11 bits per heavy atom. The second-order valence-corrected chi connectivity index (χ2v) is 4.46. The maximum atomic E-state index is 8.80. The molecule has 18 heavy (non-hydrogen) atoms. The summed E-state index contributed by atoms with van der Waals surface area (Å²) < 4.78 is 0. The second kappa shape index (κ2) is 10.1. The molecule has 0 aliphatic carbocycles. The van der Waals surface area contributed by atoms with Crippen molar-refractivity contribution in [2.45, 2.75) is 46.6 Å². The molecule has 0 aliphatic rings. The quantitative estimate of drug-likeness (QED) is 0.270. The second-order valence-electron chi connectivity index (χ2n) is 4.46. The highest BCUT2D eigenvalue weighted by atomic mass is 16.4. The molecule has 1 unspecified atom stereocenters. The molecule has 0 heterocycles. The summed E-state index contributed by atoms with van der Waals surface area (Å²) in [5, 5.41) is 11.9. The highest BCUT2D eigenvalue weighted by Crippen LogP contribution is 2.06. The van der Waals surface area contributed by atoms with Crippen LogP contribution in [-0.2, 0) is 0 Å². The molecule has 5 nitrogen and oxygen atoms in total. The first-order chi connectivity index (χ1) is 8.64. The molecule has 0 fully saturated rings. The summed E-state index contributed by atoms with van der Waals surface area (Å²) in [5.74, 6) is 0.321. The van der Waals surface area contributed by atoms with Crippen molar-refractivity contribution in [2.75, 3.05) is 32.7 Å². The molecule has 0 aromatic carbocycles. The molecule has 0 saturated heterocycles. The largest absolute Gasteiger partial charge is 0.409 e.